The Hall–Kier alpha value is -2.18. The van der Waals surface area contributed by atoms with Crippen LogP contribution in [-0.2, 0) is 4.84 Å². The lowest BCUT2D eigenvalue weighted by Crippen LogP contribution is -2.25. The number of thiazole rings is 2. The van der Waals surface area contributed by atoms with Gasteiger partial charge < -0.3 is 11.1 Å². The molecule has 0 radical (unpaired) electrons. The molecule has 0 saturated carbocycles. The molecule has 0 bridgehead atoms. The summed E-state index contributed by atoms with van der Waals surface area (Å²) in [6.45, 7) is 0. The SMILES string of the molecule is CON(C)C(=O)c1csc(-c2sc(Nc3ccc(SN)cc3)nc2N)n1. The van der Waals surface area contributed by atoms with Gasteiger partial charge in [0, 0.05) is 23.0 Å². The predicted molar refractivity (Wildman–Crippen MR) is 107 cm³/mol. The van der Waals surface area contributed by atoms with Gasteiger partial charge in [0.2, 0.25) is 0 Å². The summed E-state index contributed by atoms with van der Waals surface area (Å²) >= 11 is 3.89. The number of rotatable bonds is 6. The third kappa shape index (κ3) is 3.97. The zero-order chi connectivity index (χ0) is 18.7. The molecule has 1 amide bonds. The fourth-order valence-electron chi connectivity index (χ4n) is 2.00. The number of anilines is 3. The van der Waals surface area contributed by atoms with Gasteiger partial charge >= 0.3 is 0 Å². The fraction of sp³-hybridized carbons (Fsp3) is 0.133. The highest BCUT2D eigenvalue weighted by atomic mass is 32.2. The normalized spacial score (nSPS) is 10.7. The molecule has 26 heavy (non-hydrogen) atoms. The van der Waals surface area contributed by atoms with Crippen molar-refractivity contribution in [3.63, 3.8) is 0 Å². The number of benzene rings is 1. The van der Waals surface area contributed by atoms with Gasteiger partial charge in [0.1, 0.15) is 21.4 Å². The number of nitrogens with two attached hydrogens (primary N) is 2. The van der Waals surface area contributed by atoms with Crippen LogP contribution in [0.2, 0.25) is 0 Å². The number of carbonyl (C=O) groups is 1. The van der Waals surface area contributed by atoms with E-state index in [9.17, 15) is 4.79 Å². The van der Waals surface area contributed by atoms with Crippen LogP contribution in [-0.4, -0.2) is 35.1 Å². The molecule has 3 rings (SSSR count). The molecule has 2 aromatic heterocycles. The first-order valence-corrected chi connectivity index (χ1v) is 9.87. The van der Waals surface area contributed by atoms with Crippen LogP contribution >= 0.6 is 34.6 Å². The van der Waals surface area contributed by atoms with E-state index in [0.29, 0.717) is 26.5 Å². The van der Waals surface area contributed by atoms with Crippen molar-refractivity contribution in [3.8, 4) is 9.88 Å². The quantitative estimate of drug-likeness (QED) is 0.420. The summed E-state index contributed by atoms with van der Waals surface area (Å²) in [6.07, 6.45) is 0. The first-order valence-electron chi connectivity index (χ1n) is 7.30. The minimum atomic E-state index is -0.325. The van der Waals surface area contributed by atoms with Crippen LogP contribution in [0, 0.1) is 0 Å². The molecular formula is C15H16N6O2S3. The van der Waals surface area contributed by atoms with Crippen molar-refractivity contribution in [1.82, 2.24) is 15.0 Å². The Kier molecular flexibility index (Phi) is 5.74. The Morgan fingerprint density at radius 2 is 2.04 bits per heavy atom. The molecule has 0 aliphatic carbocycles. The average Bonchev–Trinajstić information content (AvgIpc) is 3.27. The number of hydrogen-bond donors (Lipinski definition) is 3. The topological polar surface area (TPSA) is 119 Å². The number of nitrogens with one attached hydrogen (secondary N) is 1. The maximum absolute atomic E-state index is 12.1. The zero-order valence-corrected chi connectivity index (χ0v) is 16.4. The Bertz CT molecular complexity index is 909. The predicted octanol–water partition coefficient (Wildman–Crippen LogP) is 3.19. The second kappa shape index (κ2) is 8.01. The summed E-state index contributed by atoms with van der Waals surface area (Å²) in [4.78, 5) is 27.3. The maximum atomic E-state index is 12.1. The molecule has 0 saturated heterocycles. The summed E-state index contributed by atoms with van der Waals surface area (Å²) in [5.41, 5.74) is 7.20. The van der Waals surface area contributed by atoms with Crippen LogP contribution < -0.4 is 16.2 Å². The van der Waals surface area contributed by atoms with Crippen molar-refractivity contribution in [2.75, 3.05) is 25.2 Å². The minimum absolute atomic E-state index is 0.298. The molecule has 0 unspecified atom stereocenters. The lowest BCUT2D eigenvalue weighted by atomic mass is 10.3. The van der Waals surface area contributed by atoms with E-state index in [4.69, 9.17) is 15.7 Å². The van der Waals surface area contributed by atoms with Gasteiger partial charge in [0.05, 0.1) is 7.11 Å². The van der Waals surface area contributed by atoms with Gasteiger partial charge in [0.15, 0.2) is 5.13 Å². The smallest absolute Gasteiger partial charge is 0.296 e. The van der Waals surface area contributed by atoms with Gasteiger partial charge in [-0.2, -0.15) is 0 Å². The Balaban J connectivity index is 1.79. The number of carbonyl (C=O) groups excluding carboxylic acids is 1. The third-order valence-electron chi connectivity index (χ3n) is 3.37. The second-order valence-electron chi connectivity index (χ2n) is 5.02. The van der Waals surface area contributed by atoms with Crippen molar-refractivity contribution in [1.29, 1.82) is 0 Å². The molecule has 0 aliphatic heterocycles. The summed E-state index contributed by atoms with van der Waals surface area (Å²) in [6, 6.07) is 7.65. The molecule has 0 fully saturated rings. The lowest BCUT2D eigenvalue weighted by Gasteiger charge is -2.10. The molecule has 3 aromatic rings. The van der Waals surface area contributed by atoms with Crippen LogP contribution in [0.5, 0.6) is 0 Å². The first kappa shape index (κ1) is 18.6. The highest BCUT2D eigenvalue weighted by Gasteiger charge is 2.19. The van der Waals surface area contributed by atoms with Crippen molar-refractivity contribution in [3.05, 3.63) is 35.3 Å². The molecule has 0 spiro atoms. The highest BCUT2D eigenvalue weighted by molar-refractivity contribution is 7.97. The molecular weight excluding hydrogens is 392 g/mol. The van der Waals surface area contributed by atoms with Gasteiger partial charge in [0.25, 0.3) is 5.91 Å². The number of aromatic nitrogens is 2. The lowest BCUT2D eigenvalue weighted by molar-refractivity contribution is -0.0760. The van der Waals surface area contributed by atoms with Gasteiger partial charge in [-0.05, 0) is 36.2 Å². The van der Waals surface area contributed by atoms with Crippen molar-refractivity contribution in [2.45, 2.75) is 4.90 Å². The van der Waals surface area contributed by atoms with Gasteiger partial charge in [-0.25, -0.2) is 15.0 Å². The highest BCUT2D eigenvalue weighted by Crippen LogP contribution is 2.37. The summed E-state index contributed by atoms with van der Waals surface area (Å²) in [5.74, 6) is 0.0365. The Morgan fingerprint density at radius 1 is 1.31 bits per heavy atom. The average molecular weight is 409 g/mol. The summed E-state index contributed by atoms with van der Waals surface area (Å²) in [5, 5.41) is 12.8. The van der Waals surface area contributed by atoms with Gasteiger partial charge in [-0.1, -0.05) is 11.3 Å². The fourth-order valence-corrected chi connectivity index (χ4v) is 4.09. The number of hydrogen-bond acceptors (Lipinski definition) is 10. The van der Waals surface area contributed by atoms with Crippen LogP contribution in [0.15, 0.2) is 34.5 Å². The van der Waals surface area contributed by atoms with Crippen LogP contribution in [0.25, 0.3) is 9.88 Å². The standard InChI is InChI=1S/C15H16N6O2S3/c1-21(23-2)14(22)10-7-24-13(19-10)11-12(16)20-15(25-11)18-8-3-5-9(26-17)6-4-8/h3-7H,16-17H2,1-2H3,(H,18,20). The van der Waals surface area contributed by atoms with E-state index in [1.165, 1.54) is 48.8 Å². The molecule has 5 N–H and O–H groups in total. The second-order valence-corrected chi connectivity index (χ2v) is 7.59. The molecule has 8 nitrogen and oxygen atoms in total. The van der Waals surface area contributed by atoms with E-state index in [2.05, 4.69) is 15.3 Å². The molecule has 136 valence electrons. The maximum Gasteiger partial charge on any atom is 0.296 e. The van der Waals surface area contributed by atoms with Gasteiger partial charge in [-0.3, -0.25) is 14.8 Å². The third-order valence-corrected chi connectivity index (χ3v) is 5.90. The van der Waals surface area contributed by atoms with Crippen LogP contribution in [0.3, 0.4) is 0 Å². The number of amides is 1. The van der Waals surface area contributed by atoms with Crippen LogP contribution in [0.4, 0.5) is 16.6 Å². The van der Waals surface area contributed by atoms with Crippen LogP contribution in [0.1, 0.15) is 10.5 Å². The molecule has 0 aliphatic rings. The number of hydroxylamine groups is 2. The molecule has 1 aromatic carbocycles. The van der Waals surface area contributed by atoms with E-state index >= 15 is 0 Å². The molecule has 11 heteroatoms. The van der Waals surface area contributed by atoms with E-state index in [1.807, 2.05) is 24.3 Å². The van der Waals surface area contributed by atoms with E-state index in [0.717, 1.165) is 15.6 Å². The van der Waals surface area contributed by atoms with E-state index in [-0.39, 0.29) is 5.91 Å². The largest absolute Gasteiger partial charge is 0.382 e. The zero-order valence-electron chi connectivity index (χ0n) is 13.9. The van der Waals surface area contributed by atoms with E-state index in [1.54, 1.807) is 5.38 Å². The van der Waals surface area contributed by atoms with Crippen molar-refractivity contribution in [2.24, 2.45) is 5.14 Å². The van der Waals surface area contributed by atoms with Gasteiger partial charge in [-0.15, -0.1) is 11.3 Å². The number of nitrogens with zero attached hydrogens (tertiary/aromatic N) is 3. The van der Waals surface area contributed by atoms with E-state index < -0.39 is 0 Å². The summed E-state index contributed by atoms with van der Waals surface area (Å²) < 4.78 is 0. The summed E-state index contributed by atoms with van der Waals surface area (Å²) in [7, 11) is 2.95. The minimum Gasteiger partial charge on any atom is -0.382 e. The Labute approximate surface area is 162 Å². The molecule has 0 atom stereocenters. The van der Waals surface area contributed by atoms with Crippen molar-refractivity contribution < 1.29 is 9.63 Å². The Morgan fingerprint density at radius 3 is 2.69 bits per heavy atom. The molecule has 2 heterocycles. The van der Waals surface area contributed by atoms with Crippen molar-refractivity contribution >= 4 is 57.2 Å². The first-order chi connectivity index (χ1) is 12.5. The number of nitrogen functional groups attached to an aromatic ring is 1. The monoisotopic (exact) mass is 408 g/mol.